The average Bonchev–Trinajstić information content (AvgIpc) is 2.62. The van der Waals surface area contributed by atoms with Gasteiger partial charge in [0.15, 0.2) is 0 Å². The van der Waals surface area contributed by atoms with Gasteiger partial charge in [-0.2, -0.15) is 0 Å². The number of anilines is 2. The van der Waals surface area contributed by atoms with Crippen LogP contribution in [-0.2, 0) is 4.79 Å². The number of hydrogen-bond acceptors (Lipinski definition) is 4. The van der Waals surface area contributed by atoms with Crippen LogP contribution in [0, 0.1) is 0 Å². The first-order valence-electron chi connectivity index (χ1n) is 7.63. The second-order valence-corrected chi connectivity index (χ2v) is 6.42. The molecule has 1 aromatic carbocycles. The fourth-order valence-corrected chi connectivity index (χ4v) is 2.92. The molecule has 2 heterocycles. The largest absolute Gasteiger partial charge is 0.342 e. The highest BCUT2D eigenvalue weighted by molar-refractivity contribution is 9.10. The van der Waals surface area contributed by atoms with Crippen molar-refractivity contribution in [1.82, 2.24) is 14.8 Å². The summed E-state index contributed by atoms with van der Waals surface area (Å²) in [5, 5.41) is 3.19. The molecule has 0 aliphatic carbocycles. The summed E-state index contributed by atoms with van der Waals surface area (Å²) in [6.45, 7) is 2.25. The number of nitrogens with zero attached hydrogens (tertiary/aromatic N) is 3. The summed E-state index contributed by atoms with van der Waals surface area (Å²) in [4.78, 5) is 30.9. The van der Waals surface area contributed by atoms with Crippen molar-refractivity contribution in [2.24, 2.45) is 0 Å². The summed E-state index contributed by atoms with van der Waals surface area (Å²) in [6, 6.07) is 11.3. The Balaban J connectivity index is 1.64. The van der Waals surface area contributed by atoms with Crippen LogP contribution >= 0.6 is 15.9 Å². The number of benzene rings is 1. The molecule has 0 radical (unpaired) electrons. The van der Waals surface area contributed by atoms with Gasteiger partial charge in [-0.05, 0) is 30.3 Å². The number of nitrogens with one attached hydrogen (secondary N) is 1. The fourth-order valence-electron chi connectivity index (χ4n) is 2.52. The number of carbonyl (C=O) groups is 2. The Morgan fingerprint density at radius 2 is 1.96 bits per heavy atom. The summed E-state index contributed by atoms with van der Waals surface area (Å²) < 4.78 is 0.980. The molecule has 1 aliphatic rings. The maximum atomic E-state index is 12.5. The predicted molar refractivity (Wildman–Crippen MR) is 95.2 cm³/mol. The molecule has 1 aliphatic heterocycles. The molecule has 2 amide bonds. The van der Waals surface area contributed by atoms with Crippen molar-refractivity contribution in [3.63, 3.8) is 0 Å². The Morgan fingerprint density at radius 1 is 1.17 bits per heavy atom. The van der Waals surface area contributed by atoms with E-state index in [-0.39, 0.29) is 5.91 Å². The number of piperazine rings is 1. The second kappa shape index (κ2) is 7.44. The van der Waals surface area contributed by atoms with Crippen LogP contribution in [0.4, 0.5) is 11.5 Å². The quantitative estimate of drug-likeness (QED) is 0.817. The summed E-state index contributed by atoms with van der Waals surface area (Å²) in [6.07, 6.45) is 2.40. The highest BCUT2D eigenvalue weighted by Crippen LogP contribution is 2.19. The van der Waals surface area contributed by atoms with Crippen LogP contribution in [0.3, 0.4) is 0 Å². The number of carbonyl (C=O) groups excluding carboxylic acids is 2. The molecule has 0 bridgehead atoms. The highest BCUT2D eigenvalue weighted by Gasteiger charge is 2.21. The van der Waals surface area contributed by atoms with Crippen LogP contribution in [0.2, 0.25) is 0 Å². The summed E-state index contributed by atoms with van der Waals surface area (Å²) >= 11 is 3.42. The monoisotopic (exact) mass is 388 g/mol. The molecule has 24 heavy (non-hydrogen) atoms. The first kappa shape index (κ1) is 16.4. The van der Waals surface area contributed by atoms with Gasteiger partial charge in [-0.3, -0.25) is 9.59 Å². The number of aromatic nitrogens is 1. The molecule has 0 unspecified atom stereocenters. The highest BCUT2D eigenvalue weighted by atomic mass is 79.9. The standard InChI is InChI=1S/C17H17BrN4O2/c18-14-2-1-3-15(10-14)20-16-5-4-13(11-19-16)17(24)22-8-6-21(12-23)7-9-22/h1-5,10-12H,6-9H2,(H,19,20). The van der Waals surface area contributed by atoms with Crippen LogP contribution in [0.25, 0.3) is 0 Å². The lowest BCUT2D eigenvalue weighted by Crippen LogP contribution is -2.48. The van der Waals surface area contributed by atoms with E-state index in [9.17, 15) is 9.59 Å². The first-order chi connectivity index (χ1) is 11.7. The maximum Gasteiger partial charge on any atom is 0.255 e. The molecule has 6 nitrogen and oxygen atoms in total. The second-order valence-electron chi connectivity index (χ2n) is 5.50. The van der Waals surface area contributed by atoms with Gasteiger partial charge in [0.1, 0.15) is 5.82 Å². The van der Waals surface area contributed by atoms with Gasteiger partial charge >= 0.3 is 0 Å². The molecule has 1 saturated heterocycles. The molecule has 7 heteroatoms. The molecule has 0 atom stereocenters. The maximum absolute atomic E-state index is 12.5. The van der Waals surface area contributed by atoms with Crippen molar-refractivity contribution in [3.05, 3.63) is 52.6 Å². The third kappa shape index (κ3) is 3.91. The SMILES string of the molecule is O=CN1CCN(C(=O)c2ccc(Nc3cccc(Br)c3)nc2)CC1. The Morgan fingerprint density at radius 3 is 2.58 bits per heavy atom. The normalized spacial score (nSPS) is 14.4. The molecule has 124 valence electrons. The first-order valence-corrected chi connectivity index (χ1v) is 8.42. The summed E-state index contributed by atoms with van der Waals surface area (Å²) in [5.41, 5.74) is 1.47. The van der Waals surface area contributed by atoms with Gasteiger partial charge in [-0.15, -0.1) is 0 Å². The van der Waals surface area contributed by atoms with Crippen molar-refractivity contribution in [1.29, 1.82) is 0 Å². The van der Waals surface area contributed by atoms with Crippen LogP contribution < -0.4 is 5.32 Å². The van der Waals surface area contributed by atoms with Gasteiger partial charge in [0.2, 0.25) is 6.41 Å². The number of rotatable bonds is 4. The molecular weight excluding hydrogens is 372 g/mol. The minimum Gasteiger partial charge on any atom is -0.342 e. The van der Waals surface area contributed by atoms with E-state index in [1.807, 2.05) is 24.3 Å². The number of halogens is 1. The van der Waals surface area contributed by atoms with Crippen molar-refractivity contribution in [2.45, 2.75) is 0 Å². The zero-order valence-electron chi connectivity index (χ0n) is 13.0. The van der Waals surface area contributed by atoms with Crippen LogP contribution in [0.1, 0.15) is 10.4 Å². The molecule has 3 rings (SSSR count). The molecule has 1 aromatic heterocycles. The molecule has 1 fully saturated rings. The number of pyridine rings is 1. The lowest BCUT2D eigenvalue weighted by atomic mass is 10.2. The Hall–Kier alpha value is -2.41. The van der Waals surface area contributed by atoms with Gasteiger partial charge in [-0.25, -0.2) is 4.98 Å². The minimum atomic E-state index is -0.0537. The molecular formula is C17H17BrN4O2. The van der Waals surface area contributed by atoms with Gasteiger partial charge in [0.25, 0.3) is 5.91 Å². The molecule has 0 saturated carbocycles. The van der Waals surface area contributed by atoms with E-state index in [0.29, 0.717) is 37.6 Å². The van der Waals surface area contributed by atoms with Crippen LogP contribution in [0.5, 0.6) is 0 Å². The Bertz CT molecular complexity index is 728. The third-order valence-electron chi connectivity index (χ3n) is 3.86. The van der Waals surface area contributed by atoms with E-state index in [4.69, 9.17) is 0 Å². The average molecular weight is 389 g/mol. The Labute approximate surface area is 148 Å². The van der Waals surface area contributed by atoms with Crippen molar-refractivity contribution >= 4 is 39.8 Å². The molecule has 0 spiro atoms. The summed E-state index contributed by atoms with van der Waals surface area (Å²) in [7, 11) is 0. The lowest BCUT2D eigenvalue weighted by Gasteiger charge is -2.32. The fraction of sp³-hybridized carbons (Fsp3) is 0.235. The third-order valence-corrected chi connectivity index (χ3v) is 4.35. The molecule has 2 aromatic rings. The molecule has 1 N–H and O–H groups in total. The minimum absolute atomic E-state index is 0.0537. The smallest absolute Gasteiger partial charge is 0.255 e. The van der Waals surface area contributed by atoms with E-state index < -0.39 is 0 Å². The predicted octanol–water partition coefficient (Wildman–Crippen LogP) is 2.50. The lowest BCUT2D eigenvalue weighted by molar-refractivity contribution is -0.119. The van der Waals surface area contributed by atoms with E-state index in [2.05, 4.69) is 26.2 Å². The topological polar surface area (TPSA) is 65.5 Å². The van der Waals surface area contributed by atoms with Crippen molar-refractivity contribution in [3.8, 4) is 0 Å². The summed E-state index contributed by atoms with van der Waals surface area (Å²) in [5.74, 6) is 0.623. The van der Waals surface area contributed by atoms with Gasteiger partial charge in [-0.1, -0.05) is 22.0 Å². The number of hydrogen-bond donors (Lipinski definition) is 1. The van der Waals surface area contributed by atoms with E-state index in [1.165, 1.54) is 0 Å². The van der Waals surface area contributed by atoms with E-state index in [0.717, 1.165) is 16.6 Å². The van der Waals surface area contributed by atoms with Crippen molar-refractivity contribution in [2.75, 3.05) is 31.5 Å². The Kier molecular flexibility index (Phi) is 5.10. The van der Waals surface area contributed by atoms with Gasteiger partial charge in [0, 0.05) is 42.5 Å². The van der Waals surface area contributed by atoms with Crippen molar-refractivity contribution < 1.29 is 9.59 Å². The van der Waals surface area contributed by atoms with E-state index >= 15 is 0 Å². The van der Waals surface area contributed by atoms with Gasteiger partial charge in [0.05, 0.1) is 5.56 Å². The number of amides is 2. The zero-order valence-corrected chi connectivity index (χ0v) is 14.6. The van der Waals surface area contributed by atoms with Crippen LogP contribution in [-0.4, -0.2) is 53.3 Å². The van der Waals surface area contributed by atoms with Gasteiger partial charge < -0.3 is 15.1 Å². The van der Waals surface area contributed by atoms with Crippen LogP contribution in [0.15, 0.2) is 47.1 Å². The van der Waals surface area contributed by atoms with E-state index in [1.54, 1.807) is 28.1 Å². The zero-order chi connectivity index (χ0) is 16.9.